The fourth-order valence-electron chi connectivity index (χ4n) is 3.62. The number of methoxy groups -OCH3 is 1. The molecular weight excluding hydrogens is 434 g/mol. The second kappa shape index (κ2) is 8.91. The van der Waals surface area contributed by atoms with Gasteiger partial charge in [0.15, 0.2) is 11.0 Å². The molecule has 8 heteroatoms. The normalized spacial score (nSPS) is 12.1. The lowest BCUT2D eigenvalue weighted by Gasteiger charge is -2.14. The van der Waals surface area contributed by atoms with Crippen LogP contribution in [0.2, 0.25) is 0 Å². The first-order valence-electron chi connectivity index (χ1n) is 10.4. The highest BCUT2D eigenvalue weighted by atomic mass is 32.2. The first-order valence-corrected chi connectivity index (χ1v) is 11.3. The number of fused-ring (bicyclic) bond motifs is 1. The third-order valence-electron chi connectivity index (χ3n) is 5.27. The van der Waals surface area contributed by atoms with E-state index in [9.17, 15) is 4.79 Å². The Hall–Kier alpha value is -3.91. The third-order valence-corrected chi connectivity index (χ3v) is 6.33. The van der Waals surface area contributed by atoms with Crippen LogP contribution in [0.25, 0.3) is 28.0 Å². The van der Waals surface area contributed by atoms with Gasteiger partial charge in [0.25, 0.3) is 5.56 Å². The van der Waals surface area contributed by atoms with Gasteiger partial charge in [-0.15, -0.1) is 10.2 Å². The van der Waals surface area contributed by atoms with Gasteiger partial charge in [-0.3, -0.25) is 9.36 Å². The number of aromatic amines is 1. The number of hydrogen-bond acceptors (Lipinski definition) is 6. The fraction of sp³-hybridized carbons (Fsp3) is 0.120. The molecule has 0 aliphatic carbocycles. The lowest BCUT2D eigenvalue weighted by molar-refractivity contribution is 0.415. The minimum atomic E-state index is -0.160. The van der Waals surface area contributed by atoms with Gasteiger partial charge in [0.2, 0.25) is 0 Å². The zero-order valence-corrected chi connectivity index (χ0v) is 18.9. The molecule has 0 bridgehead atoms. The molecule has 33 heavy (non-hydrogen) atoms. The SMILES string of the molecule is COc1cccc(-c2nnc(S[C@H](C)c3nc4ccccc4c(=O)[nH]3)n2-c2ccccc2)c1. The van der Waals surface area contributed by atoms with Gasteiger partial charge >= 0.3 is 0 Å². The number of nitrogens with zero attached hydrogens (tertiary/aromatic N) is 4. The monoisotopic (exact) mass is 455 g/mol. The molecule has 0 amide bonds. The van der Waals surface area contributed by atoms with Crippen molar-refractivity contribution in [2.45, 2.75) is 17.3 Å². The molecule has 0 spiro atoms. The standard InChI is InChI=1S/C25H21N5O2S/c1-16(22-26-21-14-7-6-13-20(21)24(31)27-22)33-25-29-28-23(17-9-8-12-19(15-17)32-2)30(25)18-10-4-3-5-11-18/h3-16H,1-2H3,(H,26,27,31)/t16-/m1/s1. The molecule has 0 aliphatic rings. The predicted octanol–water partition coefficient (Wildman–Crippen LogP) is 5.03. The minimum Gasteiger partial charge on any atom is -0.497 e. The third kappa shape index (κ3) is 4.12. The molecule has 5 rings (SSSR count). The summed E-state index contributed by atoms with van der Waals surface area (Å²) >= 11 is 1.49. The van der Waals surface area contributed by atoms with Crippen molar-refractivity contribution in [2.75, 3.05) is 7.11 Å². The van der Waals surface area contributed by atoms with Crippen molar-refractivity contribution in [3.8, 4) is 22.8 Å². The van der Waals surface area contributed by atoms with Crippen LogP contribution >= 0.6 is 11.8 Å². The minimum absolute atomic E-state index is 0.148. The van der Waals surface area contributed by atoms with E-state index in [2.05, 4.69) is 20.2 Å². The maximum absolute atomic E-state index is 12.5. The number of aromatic nitrogens is 5. The van der Waals surface area contributed by atoms with Gasteiger partial charge in [0.05, 0.1) is 23.3 Å². The summed E-state index contributed by atoms with van der Waals surface area (Å²) in [6.07, 6.45) is 0. The molecular formula is C25H21N5O2S. The maximum Gasteiger partial charge on any atom is 0.258 e. The number of benzene rings is 3. The molecule has 5 aromatic rings. The Kier molecular flexibility index (Phi) is 5.66. The molecule has 0 saturated heterocycles. The van der Waals surface area contributed by atoms with Crippen LogP contribution in [-0.4, -0.2) is 31.8 Å². The van der Waals surface area contributed by atoms with E-state index in [0.29, 0.717) is 27.7 Å². The number of thioether (sulfide) groups is 1. The largest absolute Gasteiger partial charge is 0.497 e. The van der Waals surface area contributed by atoms with E-state index in [-0.39, 0.29) is 10.8 Å². The maximum atomic E-state index is 12.5. The Morgan fingerprint density at radius 2 is 1.76 bits per heavy atom. The summed E-state index contributed by atoms with van der Waals surface area (Å²) in [5.74, 6) is 2.04. The quantitative estimate of drug-likeness (QED) is 0.361. The second-order valence-electron chi connectivity index (χ2n) is 7.44. The summed E-state index contributed by atoms with van der Waals surface area (Å²) in [7, 11) is 1.64. The molecule has 0 fully saturated rings. The van der Waals surface area contributed by atoms with E-state index >= 15 is 0 Å². The van der Waals surface area contributed by atoms with Gasteiger partial charge in [-0.1, -0.05) is 54.2 Å². The summed E-state index contributed by atoms with van der Waals surface area (Å²) in [4.78, 5) is 20.1. The van der Waals surface area contributed by atoms with Crippen molar-refractivity contribution in [3.63, 3.8) is 0 Å². The highest BCUT2D eigenvalue weighted by Crippen LogP contribution is 2.36. The highest BCUT2D eigenvalue weighted by Gasteiger charge is 2.21. The van der Waals surface area contributed by atoms with Gasteiger partial charge in [0, 0.05) is 11.3 Å². The van der Waals surface area contributed by atoms with Crippen LogP contribution in [0.4, 0.5) is 0 Å². The Labute approximate surface area is 194 Å². The summed E-state index contributed by atoms with van der Waals surface area (Å²) in [6, 6.07) is 25.0. The molecule has 1 N–H and O–H groups in total. The van der Waals surface area contributed by atoms with Crippen LogP contribution in [0.15, 0.2) is 88.8 Å². The predicted molar refractivity (Wildman–Crippen MR) is 130 cm³/mol. The Morgan fingerprint density at radius 3 is 2.58 bits per heavy atom. The molecule has 0 saturated carbocycles. The van der Waals surface area contributed by atoms with Gasteiger partial charge in [-0.25, -0.2) is 4.98 Å². The van der Waals surface area contributed by atoms with Gasteiger partial charge in [-0.2, -0.15) is 0 Å². The van der Waals surface area contributed by atoms with Crippen LogP contribution < -0.4 is 10.3 Å². The van der Waals surface area contributed by atoms with Crippen LogP contribution in [0.1, 0.15) is 18.0 Å². The molecule has 0 aliphatic heterocycles. The highest BCUT2D eigenvalue weighted by molar-refractivity contribution is 7.99. The molecule has 0 unspecified atom stereocenters. The van der Waals surface area contributed by atoms with Crippen LogP contribution in [-0.2, 0) is 0 Å². The lowest BCUT2D eigenvalue weighted by atomic mass is 10.2. The van der Waals surface area contributed by atoms with Gasteiger partial charge < -0.3 is 9.72 Å². The number of ether oxygens (including phenoxy) is 1. The number of H-pyrrole nitrogens is 1. The van der Waals surface area contributed by atoms with E-state index in [1.807, 2.05) is 84.3 Å². The van der Waals surface area contributed by atoms with Crippen LogP contribution in [0.3, 0.4) is 0 Å². The van der Waals surface area contributed by atoms with Crippen molar-refractivity contribution in [1.29, 1.82) is 0 Å². The molecule has 1 atom stereocenters. The zero-order chi connectivity index (χ0) is 22.8. The molecule has 2 aromatic heterocycles. The Bertz CT molecular complexity index is 1480. The molecule has 7 nitrogen and oxygen atoms in total. The Morgan fingerprint density at radius 1 is 0.970 bits per heavy atom. The first kappa shape index (κ1) is 21.0. The van der Waals surface area contributed by atoms with Crippen LogP contribution in [0, 0.1) is 0 Å². The Balaban J connectivity index is 1.57. The van der Waals surface area contributed by atoms with Crippen molar-refractivity contribution in [3.05, 3.63) is 95.0 Å². The van der Waals surface area contributed by atoms with Crippen LogP contribution in [0.5, 0.6) is 5.75 Å². The van der Waals surface area contributed by atoms with E-state index in [1.165, 1.54) is 11.8 Å². The smallest absolute Gasteiger partial charge is 0.258 e. The zero-order valence-electron chi connectivity index (χ0n) is 18.1. The number of hydrogen-bond donors (Lipinski definition) is 1. The summed E-state index contributed by atoms with van der Waals surface area (Å²) in [5.41, 5.74) is 2.35. The van der Waals surface area contributed by atoms with E-state index in [1.54, 1.807) is 13.2 Å². The first-order chi connectivity index (χ1) is 16.1. The van der Waals surface area contributed by atoms with Crippen molar-refractivity contribution in [1.82, 2.24) is 24.7 Å². The molecule has 0 radical (unpaired) electrons. The lowest BCUT2D eigenvalue weighted by Crippen LogP contribution is -2.13. The van der Waals surface area contributed by atoms with Gasteiger partial charge in [-0.05, 0) is 43.3 Å². The van der Waals surface area contributed by atoms with E-state index in [0.717, 1.165) is 17.0 Å². The topological polar surface area (TPSA) is 85.7 Å². The summed E-state index contributed by atoms with van der Waals surface area (Å²) < 4.78 is 7.40. The number of rotatable bonds is 6. The van der Waals surface area contributed by atoms with Gasteiger partial charge in [0.1, 0.15) is 11.6 Å². The van der Waals surface area contributed by atoms with E-state index < -0.39 is 0 Å². The van der Waals surface area contributed by atoms with E-state index in [4.69, 9.17) is 4.74 Å². The average Bonchev–Trinajstić information content (AvgIpc) is 3.28. The second-order valence-corrected chi connectivity index (χ2v) is 8.75. The van der Waals surface area contributed by atoms with Crippen molar-refractivity contribution in [2.24, 2.45) is 0 Å². The number of para-hydroxylation sites is 2. The van der Waals surface area contributed by atoms with Crippen molar-refractivity contribution >= 4 is 22.7 Å². The molecule has 3 aromatic carbocycles. The molecule has 164 valence electrons. The molecule has 2 heterocycles. The van der Waals surface area contributed by atoms with Crippen molar-refractivity contribution < 1.29 is 4.74 Å². The fourth-order valence-corrected chi connectivity index (χ4v) is 4.54. The average molecular weight is 456 g/mol. The summed E-state index contributed by atoms with van der Waals surface area (Å²) in [5, 5.41) is 10.1. The summed E-state index contributed by atoms with van der Waals surface area (Å²) in [6.45, 7) is 1.99. The number of nitrogens with one attached hydrogen (secondary N) is 1.